The summed E-state index contributed by atoms with van der Waals surface area (Å²) >= 11 is 6.00. The quantitative estimate of drug-likeness (QED) is 0.920. The number of sulfonamides is 1. The van der Waals surface area contributed by atoms with E-state index in [0.29, 0.717) is 23.6 Å². The van der Waals surface area contributed by atoms with Crippen LogP contribution >= 0.6 is 11.6 Å². The van der Waals surface area contributed by atoms with Crippen molar-refractivity contribution in [1.29, 1.82) is 0 Å². The van der Waals surface area contributed by atoms with Gasteiger partial charge < -0.3 is 5.11 Å². The molecule has 1 aliphatic rings. The minimum Gasteiger partial charge on any atom is -0.481 e. The smallest absolute Gasteiger partial charge is 0.303 e. The Balaban J connectivity index is 2.27. The molecular formula is C14H18ClNO4S. The molecule has 21 heavy (non-hydrogen) atoms. The first kappa shape index (κ1) is 16.3. The van der Waals surface area contributed by atoms with E-state index >= 15 is 0 Å². The number of hydrogen-bond acceptors (Lipinski definition) is 3. The van der Waals surface area contributed by atoms with Gasteiger partial charge in [-0.1, -0.05) is 17.7 Å². The molecule has 0 spiro atoms. The third-order valence-corrected chi connectivity index (χ3v) is 6.20. The number of carboxylic acid groups (broad SMARTS) is 1. The van der Waals surface area contributed by atoms with Crippen molar-refractivity contribution in [2.45, 2.75) is 31.1 Å². The van der Waals surface area contributed by atoms with Gasteiger partial charge in [0.25, 0.3) is 0 Å². The largest absolute Gasteiger partial charge is 0.481 e. The fourth-order valence-corrected chi connectivity index (χ4v) is 4.70. The maximum absolute atomic E-state index is 12.7. The summed E-state index contributed by atoms with van der Waals surface area (Å²) in [5.41, 5.74) is 0.527. The predicted octanol–water partition coefficient (Wildman–Crippen LogP) is 2.52. The Morgan fingerprint density at radius 2 is 2.19 bits per heavy atom. The van der Waals surface area contributed by atoms with Gasteiger partial charge >= 0.3 is 5.97 Å². The molecule has 7 heteroatoms. The Hall–Kier alpha value is -1.11. The summed E-state index contributed by atoms with van der Waals surface area (Å²) in [6, 6.07) is 4.80. The van der Waals surface area contributed by atoms with Gasteiger partial charge in [-0.15, -0.1) is 0 Å². The van der Waals surface area contributed by atoms with Crippen molar-refractivity contribution < 1.29 is 18.3 Å². The Bertz CT molecular complexity index is 644. The van der Waals surface area contributed by atoms with E-state index in [4.69, 9.17) is 16.7 Å². The number of hydrogen-bond donors (Lipinski definition) is 1. The molecule has 116 valence electrons. The van der Waals surface area contributed by atoms with E-state index < -0.39 is 16.0 Å². The van der Waals surface area contributed by atoms with Crippen LogP contribution in [0.3, 0.4) is 0 Å². The van der Waals surface area contributed by atoms with Gasteiger partial charge in [0, 0.05) is 24.5 Å². The van der Waals surface area contributed by atoms with Gasteiger partial charge in [-0.2, -0.15) is 4.31 Å². The molecule has 1 aromatic rings. The van der Waals surface area contributed by atoms with Crippen LogP contribution in [0.4, 0.5) is 0 Å². The highest BCUT2D eigenvalue weighted by atomic mass is 35.5. The van der Waals surface area contributed by atoms with Crippen LogP contribution in [-0.2, 0) is 14.8 Å². The molecule has 2 rings (SSSR count). The normalized spacial score (nSPS) is 20.4. The number of rotatable bonds is 4. The third-order valence-electron chi connectivity index (χ3n) is 3.78. The molecule has 1 N–H and O–H groups in total. The molecule has 1 fully saturated rings. The molecule has 1 atom stereocenters. The maximum Gasteiger partial charge on any atom is 0.303 e. The molecule has 1 unspecified atom stereocenters. The number of aliphatic carboxylic acids is 1. The Labute approximate surface area is 129 Å². The van der Waals surface area contributed by atoms with Crippen molar-refractivity contribution in [3.05, 3.63) is 28.8 Å². The second-order valence-electron chi connectivity index (χ2n) is 5.33. The highest BCUT2D eigenvalue weighted by molar-refractivity contribution is 7.89. The van der Waals surface area contributed by atoms with E-state index in [1.54, 1.807) is 19.1 Å². The summed E-state index contributed by atoms with van der Waals surface area (Å²) in [4.78, 5) is 11.0. The zero-order valence-corrected chi connectivity index (χ0v) is 13.3. The van der Waals surface area contributed by atoms with Crippen LogP contribution in [0.1, 0.15) is 24.8 Å². The predicted molar refractivity (Wildman–Crippen MR) is 79.9 cm³/mol. The van der Waals surface area contributed by atoms with E-state index in [1.165, 1.54) is 10.4 Å². The molecule has 0 aliphatic carbocycles. The zero-order chi connectivity index (χ0) is 15.6. The Morgan fingerprint density at radius 1 is 1.48 bits per heavy atom. The third kappa shape index (κ3) is 3.56. The van der Waals surface area contributed by atoms with E-state index in [-0.39, 0.29) is 23.8 Å². The van der Waals surface area contributed by atoms with Crippen LogP contribution in [0, 0.1) is 12.8 Å². The van der Waals surface area contributed by atoms with Crippen LogP contribution in [-0.4, -0.2) is 36.9 Å². The molecule has 1 saturated heterocycles. The summed E-state index contributed by atoms with van der Waals surface area (Å²) in [5, 5.41) is 9.28. The molecule has 5 nitrogen and oxygen atoms in total. The minimum atomic E-state index is -3.63. The van der Waals surface area contributed by atoms with Gasteiger partial charge in [-0.05, 0) is 43.4 Å². The van der Waals surface area contributed by atoms with Gasteiger partial charge in [0.1, 0.15) is 0 Å². The second kappa shape index (κ2) is 6.34. The van der Waals surface area contributed by atoms with Crippen molar-refractivity contribution in [1.82, 2.24) is 4.31 Å². The zero-order valence-electron chi connectivity index (χ0n) is 11.8. The molecule has 1 aliphatic heterocycles. The van der Waals surface area contributed by atoms with Crippen LogP contribution in [0.15, 0.2) is 23.1 Å². The van der Waals surface area contributed by atoms with Crippen LogP contribution in [0.2, 0.25) is 5.02 Å². The number of nitrogens with zero attached hydrogens (tertiary/aromatic N) is 1. The summed E-state index contributed by atoms with van der Waals surface area (Å²) in [5.74, 6) is -1.02. The fraction of sp³-hybridized carbons (Fsp3) is 0.500. The molecule has 0 aromatic heterocycles. The number of piperidine rings is 1. The topological polar surface area (TPSA) is 74.7 Å². The monoisotopic (exact) mass is 331 g/mol. The summed E-state index contributed by atoms with van der Waals surface area (Å²) in [7, 11) is -3.63. The Morgan fingerprint density at radius 3 is 2.86 bits per heavy atom. The summed E-state index contributed by atoms with van der Waals surface area (Å²) in [6.07, 6.45) is 1.42. The van der Waals surface area contributed by atoms with E-state index in [9.17, 15) is 13.2 Å². The van der Waals surface area contributed by atoms with Crippen molar-refractivity contribution in [2.75, 3.05) is 13.1 Å². The Kier molecular flexibility index (Phi) is 4.91. The maximum atomic E-state index is 12.7. The molecule has 0 amide bonds. The van der Waals surface area contributed by atoms with Crippen LogP contribution < -0.4 is 0 Å². The molecule has 0 bridgehead atoms. The fourth-order valence-electron chi connectivity index (χ4n) is 2.66. The van der Waals surface area contributed by atoms with Crippen molar-refractivity contribution in [3.63, 3.8) is 0 Å². The van der Waals surface area contributed by atoms with Gasteiger partial charge in [0.2, 0.25) is 10.0 Å². The van der Waals surface area contributed by atoms with Crippen LogP contribution in [0.5, 0.6) is 0 Å². The lowest BCUT2D eigenvalue weighted by Gasteiger charge is -2.31. The van der Waals surface area contributed by atoms with Gasteiger partial charge in [0.05, 0.1) is 4.90 Å². The summed E-state index contributed by atoms with van der Waals surface area (Å²) < 4.78 is 26.8. The standard InChI is InChI=1S/C14H18ClNO4S/c1-10-12(15)5-2-6-13(10)21(19,20)16-7-3-4-11(9-16)8-14(17)18/h2,5-6,11H,3-4,7-9H2,1H3,(H,17,18). The molecule has 0 saturated carbocycles. The highest BCUT2D eigenvalue weighted by Crippen LogP contribution is 2.29. The summed E-state index contributed by atoms with van der Waals surface area (Å²) in [6.45, 7) is 2.35. The van der Waals surface area contributed by atoms with E-state index in [1.807, 2.05) is 0 Å². The van der Waals surface area contributed by atoms with Gasteiger partial charge in [-0.25, -0.2) is 8.42 Å². The van der Waals surface area contributed by atoms with Crippen molar-refractivity contribution >= 4 is 27.6 Å². The molecule has 1 heterocycles. The van der Waals surface area contributed by atoms with E-state index in [2.05, 4.69) is 0 Å². The average Bonchev–Trinajstić information content (AvgIpc) is 2.41. The molecule has 1 aromatic carbocycles. The van der Waals surface area contributed by atoms with Crippen molar-refractivity contribution in [2.24, 2.45) is 5.92 Å². The first-order chi connectivity index (χ1) is 9.82. The number of benzene rings is 1. The number of carbonyl (C=O) groups is 1. The SMILES string of the molecule is Cc1c(Cl)cccc1S(=O)(=O)N1CCCC(CC(=O)O)C1. The lowest BCUT2D eigenvalue weighted by atomic mass is 9.96. The van der Waals surface area contributed by atoms with Crippen LogP contribution in [0.25, 0.3) is 0 Å². The highest BCUT2D eigenvalue weighted by Gasteiger charge is 2.32. The number of halogens is 1. The minimum absolute atomic E-state index is 0.000544. The first-order valence-electron chi connectivity index (χ1n) is 6.79. The van der Waals surface area contributed by atoms with Gasteiger partial charge in [-0.3, -0.25) is 4.79 Å². The molecular weight excluding hydrogens is 314 g/mol. The van der Waals surface area contributed by atoms with Crippen molar-refractivity contribution in [3.8, 4) is 0 Å². The first-order valence-corrected chi connectivity index (χ1v) is 8.61. The molecule has 0 radical (unpaired) electrons. The van der Waals surface area contributed by atoms with Gasteiger partial charge in [0.15, 0.2) is 0 Å². The lowest BCUT2D eigenvalue weighted by molar-refractivity contribution is -0.138. The number of carboxylic acids is 1. The van der Waals surface area contributed by atoms with E-state index in [0.717, 1.165) is 6.42 Å². The lowest BCUT2D eigenvalue weighted by Crippen LogP contribution is -2.40. The average molecular weight is 332 g/mol. The second-order valence-corrected chi connectivity index (χ2v) is 7.65.